The number of H-pyrrole nitrogens is 1. The Bertz CT molecular complexity index is 920. The quantitative estimate of drug-likeness (QED) is 0.521. The second-order valence-electron chi connectivity index (χ2n) is 4.77. The van der Waals surface area contributed by atoms with E-state index >= 15 is 0 Å². The fraction of sp³-hybridized carbons (Fsp3) is 0.188. The molecule has 24 heavy (non-hydrogen) atoms. The minimum atomic E-state index is -0.194. The smallest absolute Gasteiger partial charge is 0.269 e. The second kappa shape index (κ2) is 7.50. The Kier molecular flexibility index (Phi) is 5.17. The molecule has 8 heteroatoms. The minimum absolute atomic E-state index is 0.138. The van der Waals surface area contributed by atoms with Gasteiger partial charge in [-0.15, -0.1) is 11.3 Å². The molecule has 0 saturated carbocycles. The van der Waals surface area contributed by atoms with Crippen LogP contribution in [-0.4, -0.2) is 28.2 Å². The molecule has 0 bridgehead atoms. The number of carbonyl (C=O) groups is 1. The molecule has 3 rings (SSSR count). The highest BCUT2D eigenvalue weighted by atomic mass is 32.2. The second-order valence-corrected chi connectivity index (χ2v) is 6.65. The van der Waals surface area contributed by atoms with Crippen molar-refractivity contribution in [2.75, 3.05) is 17.7 Å². The molecule has 2 N–H and O–H groups in total. The van der Waals surface area contributed by atoms with Crippen LogP contribution in [0.5, 0.6) is 5.75 Å². The zero-order valence-electron chi connectivity index (χ0n) is 12.9. The molecular weight excluding hydrogens is 346 g/mol. The maximum absolute atomic E-state index is 12.1. The fourth-order valence-electron chi connectivity index (χ4n) is 2.09. The lowest BCUT2D eigenvalue weighted by Crippen LogP contribution is -2.16. The molecule has 1 amide bonds. The summed E-state index contributed by atoms with van der Waals surface area (Å²) in [5, 5.41) is 5.06. The lowest BCUT2D eigenvalue weighted by molar-refractivity contribution is -0.113. The Labute approximate surface area is 146 Å². The number of para-hydroxylation sites is 2. The molecule has 3 aromatic rings. The van der Waals surface area contributed by atoms with Gasteiger partial charge in [-0.25, -0.2) is 4.98 Å². The van der Waals surface area contributed by atoms with Gasteiger partial charge in [-0.05, 0) is 30.5 Å². The highest BCUT2D eigenvalue weighted by Crippen LogP contribution is 2.24. The number of nitrogens with one attached hydrogen (secondary N) is 2. The average molecular weight is 361 g/mol. The number of benzene rings is 1. The molecule has 2 aromatic heterocycles. The van der Waals surface area contributed by atoms with Crippen LogP contribution in [0.15, 0.2) is 45.7 Å². The van der Waals surface area contributed by atoms with Gasteiger partial charge < -0.3 is 15.0 Å². The number of fused-ring (bicyclic) bond motifs is 1. The van der Waals surface area contributed by atoms with E-state index in [0.717, 1.165) is 0 Å². The molecule has 0 aliphatic rings. The van der Waals surface area contributed by atoms with Crippen molar-refractivity contribution in [2.45, 2.75) is 12.1 Å². The molecule has 0 aliphatic heterocycles. The molecule has 0 spiro atoms. The molecule has 0 aliphatic carbocycles. The molecule has 1 aromatic carbocycles. The third-order valence-corrected chi connectivity index (χ3v) is 4.87. The van der Waals surface area contributed by atoms with E-state index in [-0.39, 0.29) is 17.2 Å². The predicted octanol–water partition coefficient (Wildman–Crippen LogP) is 3.11. The van der Waals surface area contributed by atoms with Gasteiger partial charge in [0.1, 0.15) is 10.4 Å². The van der Waals surface area contributed by atoms with Gasteiger partial charge in [-0.3, -0.25) is 9.59 Å². The molecule has 0 radical (unpaired) electrons. The molecule has 124 valence electrons. The van der Waals surface area contributed by atoms with Gasteiger partial charge >= 0.3 is 0 Å². The molecular formula is C16H15N3O3S2. The topological polar surface area (TPSA) is 84.1 Å². The first kappa shape index (κ1) is 16.5. The number of rotatable bonds is 6. The number of aromatic nitrogens is 2. The highest BCUT2D eigenvalue weighted by Gasteiger charge is 2.10. The van der Waals surface area contributed by atoms with Crippen LogP contribution in [0.2, 0.25) is 0 Å². The lowest BCUT2D eigenvalue weighted by Gasteiger charge is -2.10. The zero-order valence-corrected chi connectivity index (χ0v) is 14.5. The van der Waals surface area contributed by atoms with E-state index in [2.05, 4.69) is 15.3 Å². The first-order valence-electron chi connectivity index (χ1n) is 7.29. The molecule has 6 nitrogen and oxygen atoms in total. The Balaban J connectivity index is 1.66. The summed E-state index contributed by atoms with van der Waals surface area (Å²) in [6, 6.07) is 9.05. The summed E-state index contributed by atoms with van der Waals surface area (Å²) in [4.78, 5) is 31.1. The number of anilines is 1. The SMILES string of the molecule is CCOc1ccccc1NC(=O)CSc1nc2ccsc2c(=O)[nH]1. The first-order valence-corrected chi connectivity index (χ1v) is 9.16. The number of hydrogen-bond donors (Lipinski definition) is 2. The zero-order chi connectivity index (χ0) is 16.9. The van der Waals surface area contributed by atoms with E-state index in [4.69, 9.17) is 4.74 Å². The van der Waals surface area contributed by atoms with Gasteiger partial charge in [0, 0.05) is 0 Å². The molecule has 0 atom stereocenters. The summed E-state index contributed by atoms with van der Waals surface area (Å²) >= 11 is 2.53. The molecule has 0 fully saturated rings. The highest BCUT2D eigenvalue weighted by molar-refractivity contribution is 7.99. The van der Waals surface area contributed by atoms with Crippen LogP contribution in [0.25, 0.3) is 10.2 Å². The van der Waals surface area contributed by atoms with Crippen LogP contribution in [-0.2, 0) is 4.79 Å². The maximum atomic E-state index is 12.1. The normalized spacial score (nSPS) is 10.7. The summed E-state index contributed by atoms with van der Waals surface area (Å²) in [7, 11) is 0. The van der Waals surface area contributed by atoms with E-state index in [9.17, 15) is 9.59 Å². The standard InChI is InChI=1S/C16H15N3O3S2/c1-2-22-12-6-4-3-5-10(12)17-13(20)9-24-16-18-11-7-8-23-14(11)15(21)19-16/h3-8H,2,9H2,1H3,(H,17,20)(H,18,19,21). The lowest BCUT2D eigenvalue weighted by atomic mass is 10.3. The van der Waals surface area contributed by atoms with Gasteiger partial charge in [0.05, 0.1) is 23.6 Å². The van der Waals surface area contributed by atoms with E-state index in [1.165, 1.54) is 23.1 Å². The summed E-state index contributed by atoms with van der Waals surface area (Å²) in [6.45, 7) is 2.41. The monoisotopic (exact) mass is 361 g/mol. The fourth-order valence-corrected chi connectivity index (χ4v) is 3.48. The van der Waals surface area contributed by atoms with Gasteiger partial charge in [0.15, 0.2) is 5.16 Å². The number of carbonyl (C=O) groups excluding carboxylic acids is 1. The van der Waals surface area contributed by atoms with Crippen molar-refractivity contribution in [3.63, 3.8) is 0 Å². The van der Waals surface area contributed by atoms with E-state index in [1.807, 2.05) is 24.4 Å². The first-order chi connectivity index (χ1) is 11.7. The van der Waals surface area contributed by atoms with Crippen molar-refractivity contribution in [1.29, 1.82) is 0 Å². The van der Waals surface area contributed by atoms with E-state index < -0.39 is 0 Å². The van der Waals surface area contributed by atoms with Crippen LogP contribution in [0.1, 0.15) is 6.92 Å². The predicted molar refractivity (Wildman–Crippen MR) is 97.2 cm³/mol. The van der Waals surface area contributed by atoms with Crippen LogP contribution in [0.4, 0.5) is 5.69 Å². The van der Waals surface area contributed by atoms with Gasteiger partial charge in [-0.2, -0.15) is 0 Å². The van der Waals surface area contributed by atoms with Gasteiger partial charge in [-0.1, -0.05) is 23.9 Å². The Morgan fingerprint density at radius 1 is 1.38 bits per heavy atom. The number of nitrogens with zero attached hydrogens (tertiary/aromatic N) is 1. The molecule has 2 heterocycles. The number of ether oxygens (including phenoxy) is 1. The van der Waals surface area contributed by atoms with Crippen LogP contribution in [0.3, 0.4) is 0 Å². The third kappa shape index (κ3) is 3.77. The summed E-state index contributed by atoms with van der Waals surface area (Å²) < 4.78 is 6.07. The van der Waals surface area contributed by atoms with Crippen molar-refractivity contribution in [1.82, 2.24) is 9.97 Å². The van der Waals surface area contributed by atoms with Crippen LogP contribution in [0, 0.1) is 0 Å². The van der Waals surface area contributed by atoms with Crippen molar-refractivity contribution in [3.8, 4) is 5.75 Å². The van der Waals surface area contributed by atoms with E-state index in [0.29, 0.717) is 33.4 Å². The van der Waals surface area contributed by atoms with E-state index in [1.54, 1.807) is 18.2 Å². The number of aromatic amines is 1. The third-order valence-electron chi connectivity index (χ3n) is 3.09. The summed E-state index contributed by atoms with van der Waals surface area (Å²) in [6.07, 6.45) is 0. The number of hydrogen-bond acceptors (Lipinski definition) is 6. The number of amides is 1. The Hall–Kier alpha value is -2.32. The summed E-state index contributed by atoms with van der Waals surface area (Å²) in [5.41, 5.74) is 1.09. The Morgan fingerprint density at radius 3 is 3.04 bits per heavy atom. The van der Waals surface area contributed by atoms with Crippen molar-refractivity contribution >= 4 is 44.9 Å². The number of thiophene rings is 1. The van der Waals surface area contributed by atoms with Gasteiger partial charge in [0.25, 0.3) is 5.56 Å². The number of thioether (sulfide) groups is 1. The average Bonchev–Trinajstić information content (AvgIpc) is 3.04. The van der Waals surface area contributed by atoms with Crippen molar-refractivity contribution < 1.29 is 9.53 Å². The largest absolute Gasteiger partial charge is 0.492 e. The molecule has 0 unspecified atom stereocenters. The van der Waals surface area contributed by atoms with Crippen molar-refractivity contribution in [2.24, 2.45) is 0 Å². The maximum Gasteiger partial charge on any atom is 0.269 e. The minimum Gasteiger partial charge on any atom is -0.492 e. The molecule has 0 saturated heterocycles. The van der Waals surface area contributed by atoms with Gasteiger partial charge in [0.2, 0.25) is 5.91 Å². The Morgan fingerprint density at radius 2 is 2.21 bits per heavy atom. The van der Waals surface area contributed by atoms with Crippen LogP contribution < -0.4 is 15.6 Å². The van der Waals surface area contributed by atoms with Crippen LogP contribution >= 0.6 is 23.1 Å². The van der Waals surface area contributed by atoms with Crippen molar-refractivity contribution in [3.05, 3.63) is 46.1 Å². The summed E-state index contributed by atoms with van der Waals surface area (Å²) in [5.74, 6) is 0.573.